The Kier molecular flexibility index (Phi) is 6.70. The van der Waals surface area contributed by atoms with E-state index >= 15 is 0 Å². The predicted octanol–water partition coefficient (Wildman–Crippen LogP) is 8.11. The number of para-hydroxylation sites is 1. The molecule has 182 valence electrons. The summed E-state index contributed by atoms with van der Waals surface area (Å²) in [6.45, 7) is 11.9. The summed E-state index contributed by atoms with van der Waals surface area (Å²) in [6, 6.07) is 21.0. The third-order valence-corrected chi connectivity index (χ3v) is 6.63. The molecule has 0 saturated heterocycles. The van der Waals surface area contributed by atoms with E-state index in [4.69, 9.17) is 9.72 Å². The molecular formula is C31H35NO3. The third-order valence-electron chi connectivity index (χ3n) is 6.63. The highest BCUT2D eigenvalue weighted by molar-refractivity contribution is 6.06. The summed E-state index contributed by atoms with van der Waals surface area (Å²) < 4.78 is 6.69. The van der Waals surface area contributed by atoms with E-state index < -0.39 is 17.0 Å². The smallest absolute Gasteiger partial charge is 0.309 e. The zero-order chi connectivity index (χ0) is 25.4. The fourth-order valence-electron chi connectivity index (χ4n) is 4.80. The average Bonchev–Trinajstić information content (AvgIpc) is 2.80. The third kappa shape index (κ3) is 5.23. The Morgan fingerprint density at radius 2 is 1.66 bits per heavy atom. The Morgan fingerprint density at radius 1 is 0.971 bits per heavy atom. The Bertz CT molecular complexity index is 1380. The number of ether oxygens (including phenoxy) is 1. The van der Waals surface area contributed by atoms with Gasteiger partial charge >= 0.3 is 5.97 Å². The van der Waals surface area contributed by atoms with E-state index in [2.05, 4.69) is 82.3 Å². The minimum absolute atomic E-state index is 0.271. The molecule has 1 unspecified atom stereocenters. The van der Waals surface area contributed by atoms with Crippen molar-refractivity contribution in [2.75, 3.05) is 0 Å². The first kappa shape index (κ1) is 24.9. The maximum Gasteiger partial charge on any atom is 0.309 e. The number of hydrogen-bond donors (Lipinski definition) is 1. The number of rotatable bonds is 7. The quantitative estimate of drug-likeness (QED) is 0.297. The monoisotopic (exact) mass is 469 g/mol. The van der Waals surface area contributed by atoms with Gasteiger partial charge in [-0.2, -0.15) is 0 Å². The van der Waals surface area contributed by atoms with Gasteiger partial charge in [-0.1, -0.05) is 54.6 Å². The molecule has 1 atom stereocenters. The van der Waals surface area contributed by atoms with Crippen LogP contribution in [0.5, 0.6) is 0 Å². The lowest BCUT2D eigenvalue weighted by Crippen LogP contribution is -2.27. The van der Waals surface area contributed by atoms with E-state index in [1.807, 2.05) is 12.3 Å². The van der Waals surface area contributed by atoms with E-state index in [-0.39, 0.29) is 6.10 Å². The molecule has 0 amide bonds. The van der Waals surface area contributed by atoms with Crippen molar-refractivity contribution in [3.05, 3.63) is 78.0 Å². The van der Waals surface area contributed by atoms with Crippen LogP contribution in [-0.2, 0) is 9.53 Å². The van der Waals surface area contributed by atoms with Crippen molar-refractivity contribution in [3.8, 4) is 11.1 Å². The van der Waals surface area contributed by atoms with E-state index in [1.54, 1.807) is 13.8 Å². The lowest BCUT2D eigenvalue weighted by Gasteiger charge is -2.33. The van der Waals surface area contributed by atoms with Gasteiger partial charge in [0.15, 0.2) is 0 Å². The van der Waals surface area contributed by atoms with Crippen molar-refractivity contribution in [3.63, 3.8) is 0 Å². The molecule has 0 saturated carbocycles. The maximum atomic E-state index is 11.9. The highest BCUT2D eigenvalue weighted by Crippen LogP contribution is 2.44. The summed E-state index contributed by atoms with van der Waals surface area (Å²) in [6.07, 6.45) is 2.66. The number of aliphatic carboxylic acids is 1. The highest BCUT2D eigenvalue weighted by Gasteiger charge is 2.32. The highest BCUT2D eigenvalue weighted by atomic mass is 16.5. The zero-order valence-electron chi connectivity index (χ0n) is 21.6. The molecule has 4 aromatic rings. The van der Waals surface area contributed by atoms with Gasteiger partial charge in [-0.3, -0.25) is 9.78 Å². The molecule has 0 aliphatic heterocycles. The van der Waals surface area contributed by atoms with Crippen LogP contribution < -0.4 is 0 Å². The molecule has 0 aliphatic rings. The van der Waals surface area contributed by atoms with Crippen molar-refractivity contribution in [2.45, 2.75) is 66.1 Å². The van der Waals surface area contributed by atoms with Gasteiger partial charge in [-0.05, 0) is 87.9 Å². The van der Waals surface area contributed by atoms with Crippen molar-refractivity contribution in [1.29, 1.82) is 0 Å². The first-order valence-corrected chi connectivity index (χ1v) is 12.3. The average molecular weight is 470 g/mol. The van der Waals surface area contributed by atoms with E-state index in [0.29, 0.717) is 12.8 Å². The van der Waals surface area contributed by atoms with Crippen LogP contribution in [0.3, 0.4) is 0 Å². The SMILES string of the molecule is Cc1cc2ccccc2c(-c2cccc3cccnc23)c1C(CCC(C)(C)C(=O)O)OC(C)(C)C. The molecule has 0 aliphatic carbocycles. The molecule has 0 spiro atoms. The van der Waals surface area contributed by atoms with E-state index in [0.717, 1.165) is 43.9 Å². The van der Waals surface area contributed by atoms with Gasteiger partial charge in [0.25, 0.3) is 0 Å². The van der Waals surface area contributed by atoms with Crippen LogP contribution in [0, 0.1) is 12.3 Å². The van der Waals surface area contributed by atoms with Crippen LogP contribution in [0.25, 0.3) is 32.8 Å². The van der Waals surface area contributed by atoms with Gasteiger partial charge in [0.1, 0.15) is 0 Å². The second-order valence-electron chi connectivity index (χ2n) is 11.0. The summed E-state index contributed by atoms with van der Waals surface area (Å²) in [5, 5.41) is 13.1. The van der Waals surface area contributed by atoms with Crippen LogP contribution in [0.2, 0.25) is 0 Å². The van der Waals surface area contributed by atoms with Gasteiger partial charge in [0, 0.05) is 17.1 Å². The molecule has 3 aromatic carbocycles. The molecule has 0 bridgehead atoms. The van der Waals surface area contributed by atoms with Crippen molar-refractivity contribution in [2.24, 2.45) is 5.41 Å². The number of nitrogens with zero attached hydrogens (tertiary/aromatic N) is 1. The van der Waals surface area contributed by atoms with Gasteiger partial charge in [-0.25, -0.2) is 0 Å². The van der Waals surface area contributed by atoms with Crippen molar-refractivity contribution < 1.29 is 14.6 Å². The zero-order valence-corrected chi connectivity index (χ0v) is 21.6. The lowest BCUT2D eigenvalue weighted by atomic mass is 9.81. The second kappa shape index (κ2) is 9.43. The first-order chi connectivity index (χ1) is 16.5. The summed E-state index contributed by atoms with van der Waals surface area (Å²) in [7, 11) is 0. The molecule has 1 N–H and O–H groups in total. The molecular weight excluding hydrogens is 434 g/mol. The van der Waals surface area contributed by atoms with Crippen LogP contribution in [0.15, 0.2) is 66.9 Å². The van der Waals surface area contributed by atoms with Gasteiger partial charge < -0.3 is 9.84 Å². The van der Waals surface area contributed by atoms with Gasteiger partial charge in [-0.15, -0.1) is 0 Å². The number of benzene rings is 3. The molecule has 1 heterocycles. The number of pyridine rings is 1. The number of aromatic nitrogens is 1. The van der Waals surface area contributed by atoms with Crippen molar-refractivity contribution in [1.82, 2.24) is 4.98 Å². The molecule has 35 heavy (non-hydrogen) atoms. The van der Waals surface area contributed by atoms with Gasteiger partial charge in [0.05, 0.1) is 22.6 Å². The fourth-order valence-corrected chi connectivity index (χ4v) is 4.80. The number of carbonyl (C=O) groups is 1. The summed E-state index contributed by atoms with van der Waals surface area (Å²) in [5.41, 5.74) is 4.14. The largest absolute Gasteiger partial charge is 0.481 e. The van der Waals surface area contributed by atoms with E-state index in [9.17, 15) is 9.90 Å². The second-order valence-corrected chi connectivity index (χ2v) is 11.0. The predicted molar refractivity (Wildman–Crippen MR) is 144 cm³/mol. The number of aryl methyl sites for hydroxylation is 1. The lowest BCUT2D eigenvalue weighted by molar-refractivity contribution is -0.148. The van der Waals surface area contributed by atoms with Gasteiger partial charge in [0.2, 0.25) is 0 Å². The molecule has 4 rings (SSSR count). The summed E-state index contributed by atoms with van der Waals surface area (Å²) >= 11 is 0. The minimum atomic E-state index is -0.842. The maximum absolute atomic E-state index is 11.9. The molecule has 0 fully saturated rings. The Labute approximate surface area is 208 Å². The fraction of sp³-hybridized carbons (Fsp3) is 0.355. The Hall–Kier alpha value is -3.24. The number of carboxylic acids is 1. The van der Waals surface area contributed by atoms with Crippen LogP contribution in [-0.4, -0.2) is 21.7 Å². The van der Waals surface area contributed by atoms with Crippen LogP contribution in [0.1, 0.15) is 64.7 Å². The molecule has 4 heteroatoms. The first-order valence-electron chi connectivity index (χ1n) is 12.3. The summed E-state index contributed by atoms with van der Waals surface area (Å²) in [4.78, 5) is 16.6. The van der Waals surface area contributed by atoms with Crippen molar-refractivity contribution >= 4 is 27.6 Å². The number of fused-ring (bicyclic) bond motifs is 2. The van der Waals surface area contributed by atoms with Crippen LogP contribution in [0.4, 0.5) is 0 Å². The normalized spacial score (nSPS) is 13.3. The summed E-state index contributed by atoms with van der Waals surface area (Å²) in [5.74, 6) is -0.791. The Morgan fingerprint density at radius 3 is 2.37 bits per heavy atom. The molecule has 4 nitrogen and oxygen atoms in total. The van der Waals surface area contributed by atoms with Crippen LogP contribution >= 0.6 is 0 Å². The standard InChI is InChI=1S/C31H35NO3/c1-20-19-22-11-7-8-14-23(22)27(24-15-9-12-21-13-10-18-32-28(21)24)26(20)25(35-30(2,3)4)16-17-31(5,6)29(33)34/h7-15,18-19,25H,16-17H2,1-6H3,(H,33,34). The number of hydrogen-bond acceptors (Lipinski definition) is 3. The Balaban J connectivity index is 2.01. The topological polar surface area (TPSA) is 59.4 Å². The van der Waals surface area contributed by atoms with E-state index in [1.165, 1.54) is 0 Å². The molecule has 0 radical (unpaired) electrons. The number of carboxylic acid groups (broad SMARTS) is 1. The molecule has 1 aromatic heterocycles. The minimum Gasteiger partial charge on any atom is -0.481 e.